The van der Waals surface area contributed by atoms with Crippen LogP contribution in [0.25, 0.3) is 0 Å². The van der Waals surface area contributed by atoms with Crippen LogP contribution in [0.3, 0.4) is 0 Å². The van der Waals surface area contributed by atoms with Crippen molar-refractivity contribution in [3.05, 3.63) is 24.8 Å². The van der Waals surface area contributed by atoms with Gasteiger partial charge in [-0.05, 0) is 0 Å². The van der Waals surface area contributed by atoms with Crippen molar-refractivity contribution in [1.82, 2.24) is 0 Å². The molecule has 0 bridgehead atoms. The number of ether oxygens (including phenoxy) is 2. The summed E-state index contributed by atoms with van der Waals surface area (Å²) >= 11 is 0. The molecule has 15 heavy (non-hydrogen) atoms. The van der Waals surface area contributed by atoms with Crippen LogP contribution in [0.1, 0.15) is 0 Å². The van der Waals surface area contributed by atoms with Crippen molar-refractivity contribution in [2.45, 2.75) is 0 Å². The van der Waals surface area contributed by atoms with Crippen molar-refractivity contribution >= 4 is 17.9 Å². The van der Waals surface area contributed by atoms with Crippen molar-refractivity contribution in [2.24, 2.45) is 0 Å². The number of esters is 2. The molecule has 0 heterocycles. The van der Waals surface area contributed by atoms with E-state index < -0.39 is 17.9 Å². The van der Waals surface area contributed by atoms with E-state index in [9.17, 15) is 14.4 Å². The molecule has 0 aromatic carbocycles. The Morgan fingerprint density at radius 3 is 2.07 bits per heavy atom. The summed E-state index contributed by atoms with van der Waals surface area (Å²) in [5.41, 5.74) is 0. The van der Waals surface area contributed by atoms with Gasteiger partial charge in [0.2, 0.25) is 0 Å². The largest absolute Gasteiger partial charge is 0.478 e. The van der Waals surface area contributed by atoms with Crippen LogP contribution < -0.4 is 0 Å². The Hall–Kier alpha value is -2.11. The number of carboxylic acids is 1. The van der Waals surface area contributed by atoms with Gasteiger partial charge in [-0.25, -0.2) is 14.4 Å². The fourth-order valence-electron chi connectivity index (χ4n) is 0.531. The Bertz CT molecular complexity index is 291. The second kappa shape index (κ2) is 7.31. The molecule has 0 aromatic heterocycles. The Morgan fingerprint density at radius 1 is 1.07 bits per heavy atom. The normalized spacial score (nSPS) is 9.60. The van der Waals surface area contributed by atoms with Crippen LogP contribution in [0.15, 0.2) is 24.8 Å². The second-order valence-corrected chi connectivity index (χ2v) is 2.21. The number of carboxylic acid groups (broad SMARTS) is 1. The lowest BCUT2D eigenvalue weighted by atomic mass is 10.5. The maximum atomic E-state index is 10.7. The van der Waals surface area contributed by atoms with Gasteiger partial charge in [0.1, 0.15) is 13.2 Å². The molecule has 0 atom stereocenters. The predicted molar refractivity (Wildman–Crippen MR) is 48.9 cm³/mol. The number of aliphatic carboxylic acids is 1. The minimum Gasteiger partial charge on any atom is -0.478 e. The lowest BCUT2D eigenvalue weighted by Gasteiger charge is -2.01. The van der Waals surface area contributed by atoms with E-state index in [1.165, 1.54) is 0 Å². The van der Waals surface area contributed by atoms with Crippen molar-refractivity contribution in [1.29, 1.82) is 0 Å². The molecule has 6 nitrogen and oxygen atoms in total. The third kappa shape index (κ3) is 8.23. The van der Waals surface area contributed by atoms with E-state index in [0.717, 1.165) is 12.2 Å². The summed E-state index contributed by atoms with van der Waals surface area (Å²) in [4.78, 5) is 31.2. The van der Waals surface area contributed by atoms with Crippen LogP contribution in [-0.2, 0) is 23.9 Å². The molecule has 0 spiro atoms. The van der Waals surface area contributed by atoms with E-state index in [0.29, 0.717) is 6.08 Å². The van der Waals surface area contributed by atoms with E-state index >= 15 is 0 Å². The summed E-state index contributed by atoms with van der Waals surface area (Å²) in [5.74, 6) is -2.68. The summed E-state index contributed by atoms with van der Waals surface area (Å²) in [6, 6.07) is 0. The Balaban J connectivity index is 3.60. The summed E-state index contributed by atoms with van der Waals surface area (Å²) in [6.07, 6.45) is 2.39. The molecular formula is C9H10O6. The van der Waals surface area contributed by atoms with Gasteiger partial charge in [0.15, 0.2) is 0 Å². The topological polar surface area (TPSA) is 89.9 Å². The van der Waals surface area contributed by atoms with Crippen LogP contribution in [0.4, 0.5) is 0 Å². The zero-order valence-corrected chi connectivity index (χ0v) is 7.84. The van der Waals surface area contributed by atoms with Crippen molar-refractivity contribution in [3.63, 3.8) is 0 Å². The molecule has 0 unspecified atom stereocenters. The molecule has 0 saturated heterocycles. The van der Waals surface area contributed by atoms with Gasteiger partial charge >= 0.3 is 17.9 Å². The first kappa shape index (κ1) is 12.9. The molecular weight excluding hydrogens is 204 g/mol. The van der Waals surface area contributed by atoms with Crippen LogP contribution in [0, 0.1) is 0 Å². The van der Waals surface area contributed by atoms with Gasteiger partial charge in [0, 0.05) is 18.2 Å². The van der Waals surface area contributed by atoms with Gasteiger partial charge in [-0.3, -0.25) is 0 Å². The van der Waals surface area contributed by atoms with E-state index in [1.54, 1.807) is 0 Å². The van der Waals surface area contributed by atoms with Crippen LogP contribution in [0.5, 0.6) is 0 Å². The number of rotatable bonds is 6. The van der Waals surface area contributed by atoms with Crippen LogP contribution in [0.2, 0.25) is 0 Å². The Kier molecular flexibility index (Phi) is 6.28. The lowest BCUT2D eigenvalue weighted by Crippen LogP contribution is -2.11. The highest BCUT2D eigenvalue weighted by molar-refractivity contribution is 5.90. The third-order valence-electron chi connectivity index (χ3n) is 1.10. The second-order valence-electron chi connectivity index (χ2n) is 2.21. The summed E-state index contributed by atoms with van der Waals surface area (Å²) in [5, 5.41) is 8.16. The molecule has 82 valence electrons. The van der Waals surface area contributed by atoms with E-state index in [4.69, 9.17) is 5.11 Å². The fourth-order valence-corrected chi connectivity index (χ4v) is 0.531. The number of hydrogen-bond acceptors (Lipinski definition) is 5. The van der Waals surface area contributed by atoms with Crippen LogP contribution in [-0.4, -0.2) is 36.2 Å². The Labute approximate surface area is 85.8 Å². The zero-order chi connectivity index (χ0) is 11.7. The molecule has 0 radical (unpaired) electrons. The van der Waals surface area contributed by atoms with E-state index in [2.05, 4.69) is 16.1 Å². The highest BCUT2D eigenvalue weighted by Gasteiger charge is 1.99. The first-order valence-corrected chi connectivity index (χ1v) is 3.93. The molecule has 0 amide bonds. The van der Waals surface area contributed by atoms with Gasteiger partial charge in [0.05, 0.1) is 0 Å². The standard InChI is InChI=1S/C9H10O6/c1-2-8(12)14-5-6-15-9(13)4-3-7(10)11/h2-4H,1,5-6H2,(H,10,11). The minimum absolute atomic E-state index is 0.0997. The summed E-state index contributed by atoms with van der Waals surface area (Å²) < 4.78 is 8.98. The van der Waals surface area contributed by atoms with Crippen molar-refractivity contribution in [3.8, 4) is 0 Å². The number of carbonyl (C=O) groups is 3. The minimum atomic E-state index is -1.25. The molecule has 1 N–H and O–H groups in total. The average Bonchev–Trinajstić information content (AvgIpc) is 2.21. The predicted octanol–water partition coefficient (Wildman–Crippen LogP) is -0.100. The molecule has 0 aliphatic rings. The SMILES string of the molecule is C=CC(=O)OCCOC(=O)C=CC(=O)O. The Morgan fingerprint density at radius 2 is 1.60 bits per heavy atom. The van der Waals surface area contributed by atoms with Gasteiger partial charge in [-0.15, -0.1) is 0 Å². The summed E-state index contributed by atoms with van der Waals surface area (Å²) in [7, 11) is 0. The highest BCUT2D eigenvalue weighted by atomic mass is 16.6. The number of carbonyl (C=O) groups excluding carboxylic acids is 2. The van der Waals surface area contributed by atoms with Gasteiger partial charge in [-0.2, -0.15) is 0 Å². The average molecular weight is 214 g/mol. The molecule has 0 aliphatic carbocycles. The lowest BCUT2D eigenvalue weighted by molar-refractivity contribution is -0.146. The fraction of sp³-hybridized carbons (Fsp3) is 0.222. The maximum absolute atomic E-state index is 10.7. The highest BCUT2D eigenvalue weighted by Crippen LogP contribution is 1.85. The monoisotopic (exact) mass is 214 g/mol. The summed E-state index contributed by atoms with van der Waals surface area (Å²) in [6.45, 7) is 2.93. The van der Waals surface area contributed by atoms with Crippen LogP contribution >= 0.6 is 0 Å². The number of hydrogen-bond donors (Lipinski definition) is 1. The molecule has 0 aliphatic heterocycles. The molecule has 0 aromatic rings. The first-order chi connectivity index (χ1) is 7.06. The third-order valence-corrected chi connectivity index (χ3v) is 1.10. The zero-order valence-electron chi connectivity index (χ0n) is 7.84. The molecule has 6 heteroatoms. The molecule has 0 rings (SSSR count). The van der Waals surface area contributed by atoms with Gasteiger partial charge in [-0.1, -0.05) is 6.58 Å². The van der Waals surface area contributed by atoms with E-state index in [-0.39, 0.29) is 13.2 Å². The maximum Gasteiger partial charge on any atom is 0.331 e. The van der Waals surface area contributed by atoms with Gasteiger partial charge in [0.25, 0.3) is 0 Å². The first-order valence-electron chi connectivity index (χ1n) is 3.93. The molecule has 0 fully saturated rings. The quantitative estimate of drug-likeness (QED) is 0.377. The van der Waals surface area contributed by atoms with Crippen molar-refractivity contribution < 1.29 is 29.0 Å². The smallest absolute Gasteiger partial charge is 0.331 e. The van der Waals surface area contributed by atoms with Crippen molar-refractivity contribution in [2.75, 3.05) is 13.2 Å². The van der Waals surface area contributed by atoms with E-state index in [1.807, 2.05) is 0 Å². The molecule has 0 saturated carbocycles. The van der Waals surface area contributed by atoms with Gasteiger partial charge < -0.3 is 14.6 Å².